The zero-order valence-electron chi connectivity index (χ0n) is 17.1. The Morgan fingerprint density at radius 3 is 2.48 bits per heavy atom. The molecule has 3 rings (SSSR count). The van der Waals surface area contributed by atoms with Gasteiger partial charge in [0.25, 0.3) is 5.91 Å². The van der Waals surface area contributed by atoms with E-state index in [-0.39, 0.29) is 24.0 Å². The van der Waals surface area contributed by atoms with Crippen LogP contribution in [0.4, 0.5) is 9.18 Å². The number of rotatable bonds is 6. The summed E-state index contributed by atoms with van der Waals surface area (Å²) in [5.41, 5.74) is 3.74. The average molecular weight is 396 g/mol. The normalized spacial score (nSPS) is 15.4. The summed E-state index contributed by atoms with van der Waals surface area (Å²) in [5, 5.41) is 2.64. The van der Waals surface area contributed by atoms with Gasteiger partial charge in [-0.2, -0.15) is 0 Å². The summed E-state index contributed by atoms with van der Waals surface area (Å²) in [5.74, 6) is 0.317. The molecule has 0 bridgehead atoms. The maximum atomic E-state index is 13.1. The fourth-order valence-electron chi connectivity index (χ4n) is 3.25. The van der Waals surface area contributed by atoms with E-state index in [0.29, 0.717) is 12.2 Å². The molecule has 0 spiro atoms. The number of halogens is 1. The molecular formula is C23H25FN2O3. The molecule has 1 aliphatic rings. The predicted molar refractivity (Wildman–Crippen MR) is 110 cm³/mol. The van der Waals surface area contributed by atoms with E-state index in [0.717, 1.165) is 27.3 Å². The van der Waals surface area contributed by atoms with Crippen LogP contribution in [0.5, 0.6) is 5.75 Å². The number of hydrogen-bond acceptors (Lipinski definition) is 3. The van der Waals surface area contributed by atoms with E-state index in [1.54, 1.807) is 18.2 Å². The molecule has 0 unspecified atom stereocenters. The lowest BCUT2D eigenvalue weighted by Crippen LogP contribution is -2.30. The van der Waals surface area contributed by atoms with Crippen molar-refractivity contribution in [2.45, 2.75) is 40.2 Å². The topological polar surface area (TPSA) is 58.6 Å². The molecule has 5 nitrogen and oxygen atoms in total. The summed E-state index contributed by atoms with van der Waals surface area (Å²) in [6.07, 6.45) is 1.70. The van der Waals surface area contributed by atoms with Gasteiger partial charge in [-0.05, 0) is 72.4 Å². The average Bonchev–Trinajstić information content (AvgIpc) is 2.93. The fourth-order valence-corrected chi connectivity index (χ4v) is 3.25. The molecule has 29 heavy (non-hydrogen) atoms. The molecule has 0 aromatic heterocycles. The monoisotopic (exact) mass is 396 g/mol. The van der Waals surface area contributed by atoms with Crippen molar-refractivity contribution in [3.63, 3.8) is 0 Å². The number of aryl methyl sites for hydroxylation is 1. The third-order valence-corrected chi connectivity index (χ3v) is 4.84. The molecule has 2 aromatic carbocycles. The summed E-state index contributed by atoms with van der Waals surface area (Å²) in [7, 11) is 0. The van der Waals surface area contributed by atoms with Crippen LogP contribution < -0.4 is 10.1 Å². The highest BCUT2D eigenvalue weighted by molar-refractivity contribution is 6.14. The Labute approximate surface area is 170 Å². The van der Waals surface area contributed by atoms with Crippen LogP contribution in [0.3, 0.4) is 0 Å². The Hall–Kier alpha value is -3.15. The maximum Gasteiger partial charge on any atom is 0.329 e. The summed E-state index contributed by atoms with van der Waals surface area (Å²) in [4.78, 5) is 26.2. The minimum atomic E-state index is -0.488. The van der Waals surface area contributed by atoms with Crippen molar-refractivity contribution in [2.75, 3.05) is 6.61 Å². The first-order valence-corrected chi connectivity index (χ1v) is 9.66. The standard InChI is InChI=1S/C23H25FN2O3/c1-5-29-21-10-15(4)17(11-19(21)14(2)3)12-20-22(27)26(23(28)25-20)13-16-6-8-18(24)9-7-16/h6-12,14H,5,13H2,1-4H3,(H,25,28)/b20-12+. The van der Waals surface area contributed by atoms with Crippen molar-refractivity contribution in [1.29, 1.82) is 0 Å². The minimum absolute atomic E-state index is 0.0851. The van der Waals surface area contributed by atoms with Crippen molar-refractivity contribution in [1.82, 2.24) is 10.2 Å². The van der Waals surface area contributed by atoms with Gasteiger partial charge >= 0.3 is 6.03 Å². The van der Waals surface area contributed by atoms with Crippen LogP contribution in [0.25, 0.3) is 6.08 Å². The van der Waals surface area contributed by atoms with Crippen molar-refractivity contribution < 1.29 is 18.7 Å². The Morgan fingerprint density at radius 1 is 1.17 bits per heavy atom. The smallest absolute Gasteiger partial charge is 0.329 e. The van der Waals surface area contributed by atoms with Gasteiger partial charge < -0.3 is 10.1 Å². The molecule has 1 N–H and O–H groups in total. The number of amides is 3. The zero-order valence-corrected chi connectivity index (χ0v) is 17.1. The summed E-state index contributed by atoms with van der Waals surface area (Å²) < 4.78 is 18.8. The van der Waals surface area contributed by atoms with Crippen molar-refractivity contribution in [3.8, 4) is 5.75 Å². The molecule has 1 saturated heterocycles. The van der Waals surface area contributed by atoms with Crippen LogP contribution >= 0.6 is 0 Å². The van der Waals surface area contributed by atoms with Crippen molar-refractivity contribution in [3.05, 3.63) is 70.2 Å². The number of carbonyl (C=O) groups excluding carboxylic acids is 2. The lowest BCUT2D eigenvalue weighted by Gasteiger charge is -2.16. The molecule has 6 heteroatoms. The zero-order chi connectivity index (χ0) is 21.1. The SMILES string of the molecule is CCOc1cc(C)c(/C=C2/NC(=O)N(Cc3ccc(F)cc3)C2=O)cc1C(C)C. The molecule has 152 valence electrons. The number of benzene rings is 2. The van der Waals surface area contributed by atoms with E-state index >= 15 is 0 Å². The van der Waals surface area contributed by atoms with Crippen LogP contribution in [0, 0.1) is 12.7 Å². The highest BCUT2D eigenvalue weighted by atomic mass is 19.1. The van der Waals surface area contributed by atoms with Crippen LogP contribution in [-0.4, -0.2) is 23.4 Å². The Kier molecular flexibility index (Phi) is 6.01. The van der Waals surface area contributed by atoms with Crippen molar-refractivity contribution >= 4 is 18.0 Å². The third-order valence-electron chi connectivity index (χ3n) is 4.84. The van der Waals surface area contributed by atoms with Gasteiger partial charge in [-0.25, -0.2) is 9.18 Å². The number of nitrogens with one attached hydrogen (secondary N) is 1. The minimum Gasteiger partial charge on any atom is -0.494 e. The van der Waals surface area contributed by atoms with E-state index in [1.165, 1.54) is 12.1 Å². The van der Waals surface area contributed by atoms with E-state index < -0.39 is 11.9 Å². The number of ether oxygens (including phenoxy) is 1. The van der Waals surface area contributed by atoms with Crippen LogP contribution in [0.15, 0.2) is 42.1 Å². The van der Waals surface area contributed by atoms with E-state index in [1.807, 2.05) is 26.0 Å². The Morgan fingerprint density at radius 2 is 1.86 bits per heavy atom. The van der Waals surface area contributed by atoms with Gasteiger partial charge in [-0.1, -0.05) is 26.0 Å². The predicted octanol–water partition coefficient (Wildman–Crippen LogP) is 4.75. The Bertz CT molecular complexity index is 965. The molecule has 0 saturated carbocycles. The lowest BCUT2D eigenvalue weighted by molar-refractivity contribution is -0.123. The second-order valence-electron chi connectivity index (χ2n) is 7.34. The molecule has 0 radical (unpaired) electrons. The summed E-state index contributed by atoms with van der Waals surface area (Å²) in [6.45, 7) is 8.71. The molecule has 3 amide bonds. The Balaban J connectivity index is 1.89. The van der Waals surface area contributed by atoms with Gasteiger partial charge in [-0.3, -0.25) is 9.69 Å². The second-order valence-corrected chi connectivity index (χ2v) is 7.34. The number of nitrogens with zero attached hydrogens (tertiary/aromatic N) is 1. The fraction of sp³-hybridized carbons (Fsp3) is 0.304. The van der Waals surface area contributed by atoms with Gasteiger partial charge in [-0.15, -0.1) is 0 Å². The van der Waals surface area contributed by atoms with Gasteiger partial charge in [0, 0.05) is 0 Å². The van der Waals surface area contributed by atoms with Gasteiger partial charge in [0.15, 0.2) is 0 Å². The van der Waals surface area contributed by atoms with Gasteiger partial charge in [0.2, 0.25) is 0 Å². The van der Waals surface area contributed by atoms with E-state index in [9.17, 15) is 14.0 Å². The van der Waals surface area contributed by atoms with E-state index in [4.69, 9.17) is 4.74 Å². The van der Waals surface area contributed by atoms with Crippen molar-refractivity contribution in [2.24, 2.45) is 0 Å². The largest absolute Gasteiger partial charge is 0.494 e. The lowest BCUT2D eigenvalue weighted by atomic mass is 9.96. The third kappa shape index (κ3) is 4.47. The number of hydrogen-bond donors (Lipinski definition) is 1. The molecule has 0 aliphatic carbocycles. The molecule has 2 aromatic rings. The summed E-state index contributed by atoms with van der Waals surface area (Å²) >= 11 is 0. The molecule has 0 atom stereocenters. The van der Waals surface area contributed by atoms with Gasteiger partial charge in [0.1, 0.15) is 17.3 Å². The summed E-state index contributed by atoms with van der Waals surface area (Å²) in [6, 6.07) is 9.20. The maximum absolute atomic E-state index is 13.1. The van der Waals surface area contributed by atoms with Crippen LogP contribution in [0.2, 0.25) is 0 Å². The molecule has 1 heterocycles. The number of carbonyl (C=O) groups is 2. The second kappa shape index (κ2) is 8.47. The molecular weight excluding hydrogens is 371 g/mol. The van der Waals surface area contributed by atoms with Gasteiger partial charge in [0.05, 0.1) is 13.2 Å². The first-order valence-electron chi connectivity index (χ1n) is 9.66. The first kappa shape index (κ1) is 20.6. The molecule has 1 fully saturated rings. The first-order chi connectivity index (χ1) is 13.8. The number of urea groups is 1. The molecule has 1 aliphatic heterocycles. The quantitative estimate of drug-likeness (QED) is 0.566. The number of imide groups is 1. The highest BCUT2D eigenvalue weighted by Crippen LogP contribution is 2.31. The van der Waals surface area contributed by atoms with Crippen LogP contribution in [0.1, 0.15) is 48.9 Å². The van der Waals surface area contributed by atoms with E-state index in [2.05, 4.69) is 19.2 Å². The highest BCUT2D eigenvalue weighted by Gasteiger charge is 2.33. The van der Waals surface area contributed by atoms with Crippen LogP contribution in [-0.2, 0) is 11.3 Å².